The summed E-state index contributed by atoms with van der Waals surface area (Å²) < 4.78 is 42.3. The third kappa shape index (κ3) is 7.66. The second-order valence-corrected chi connectivity index (χ2v) is 15.7. The lowest BCUT2D eigenvalue weighted by atomic mass is 9.77. The number of methoxy groups -OCH3 is 2. The van der Waals surface area contributed by atoms with Crippen LogP contribution in [0.15, 0.2) is 48.9 Å². The molecular formula is C41H51F2N8O5+. The molecule has 15 heteroatoms. The summed E-state index contributed by atoms with van der Waals surface area (Å²) in [6.45, 7) is 8.25. The molecule has 0 bridgehead atoms. The lowest BCUT2D eigenvalue weighted by molar-refractivity contribution is -0.918. The number of halogens is 2. The van der Waals surface area contributed by atoms with Gasteiger partial charge in [-0.3, -0.25) is 18.8 Å². The van der Waals surface area contributed by atoms with E-state index >= 15 is 0 Å². The van der Waals surface area contributed by atoms with E-state index in [1.54, 1.807) is 22.7 Å². The van der Waals surface area contributed by atoms with Gasteiger partial charge in [-0.15, -0.1) is 0 Å². The van der Waals surface area contributed by atoms with Crippen LogP contribution in [0.4, 0.5) is 20.3 Å². The Morgan fingerprint density at radius 3 is 2.45 bits per heavy atom. The van der Waals surface area contributed by atoms with E-state index in [9.17, 15) is 23.2 Å². The van der Waals surface area contributed by atoms with Gasteiger partial charge in [-0.05, 0) is 55.2 Å². The van der Waals surface area contributed by atoms with E-state index in [-0.39, 0.29) is 41.6 Å². The minimum absolute atomic E-state index is 0.00622. The molecule has 298 valence electrons. The molecule has 0 atom stereocenters. The van der Waals surface area contributed by atoms with E-state index in [0.29, 0.717) is 60.8 Å². The number of benzene rings is 2. The Bertz CT molecular complexity index is 2100. The summed E-state index contributed by atoms with van der Waals surface area (Å²) in [7, 11) is 4.94. The number of likely N-dealkylation sites (tertiary alicyclic amines) is 2. The first-order valence-electron chi connectivity index (χ1n) is 19.4. The van der Waals surface area contributed by atoms with Gasteiger partial charge in [0.1, 0.15) is 0 Å². The van der Waals surface area contributed by atoms with Crippen LogP contribution in [0.3, 0.4) is 0 Å². The zero-order chi connectivity index (χ0) is 39.6. The van der Waals surface area contributed by atoms with E-state index in [4.69, 9.17) is 9.47 Å². The van der Waals surface area contributed by atoms with Crippen LogP contribution in [-0.4, -0.2) is 115 Å². The number of nitrogens with zero attached hydrogens (tertiary/aromatic N) is 5. The van der Waals surface area contributed by atoms with Crippen molar-refractivity contribution >= 4 is 34.9 Å². The Labute approximate surface area is 325 Å². The van der Waals surface area contributed by atoms with Crippen molar-refractivity contribution in [1.29, 1.82) is 0 Å². The van der Waals surface area contributed by atoms with Gasteiger partial charge in [0.05, 0.1) is 58.2 Å². The third-order valence-electron chi connectivity index (χ3n) is 12.2. The first kappa shape index (κ1) is 39.1. The number of esters is 1. The van der Waals surface area contributed by atoms with Crippen LogP contribution in [0.1, 0.15) is 48.5 Å². The first-order chi connectivity index (χ1) is 27.0. The molecule has 3 N–H and O–H groups in total. The standard InChI is InChI=1S/C41H50F2N8O5/c1-5-27-20-29(48-36-37-46-23-32(50(37)17-14-45-36)31-8-9-33(55-3)35(43)34(31)42)6-7-30(27)38(52)47-25-41(40(54)56-4)12-15-49(16-13-41)39(53)28-10-18-51(2,19-11-28)24-26-21-44-22-26/h6-9,14,17,20,23,26,28,44H,5,10-13,15-16,18-19,21-22,24-25H2,1-4H3,(H-,45,47,48,52)/p+1. The van der Waals surface area contributed by atoms with Crippen LogP contribution in [0.25, 0.3) is 16.9 Å². The van der Waals surface area contributed by atoms with Gasteiger partial charge < -0.3 is 34.8 Å². The number of aryl methyl sites for hydroxylation is 1. The van der Waals surface area contributed by atoms with Crippen LogP contribution >= 0.6 is 0 Å². The normalized spacial score (nSPS) is 21.0. The number of nitrogens with one attached hydrogen (secondary N) is 3. The van der Waals surface area contributed by atoms with Crippen molar-refractivity contribution in [2.75, 3.05) is 78.9 Å². The maximum absolute atomic E-state index is 15.0. The van der Waals surface area contributed by atoms with Crippen LogP contribution < -0.4 is 20.7 Å². The third-order valence-corrected chi connectivity index (χ3v) is 12.2. The molecule has 2 aromatic heterocycles. The molecule has 56 heavy (non-hydrogen) atoms. The highest BCUT2D eigenvalue weighted by atomic mass is 19.2. The maximum atomic E-state index is 15.0. The lowest BCUT2D eigenvalue weighted by Crippen LogP contribution is -2.59. The molecule has 13 nitrogen and oxygen atoms in total. The minimum atomic E-state index is -1.09. The molecule has 2 aromatic carbocycles. The number of carbonyl (C=O) groups is 3. The molecule has 0 radical (unpaired) electrons. The molecule has 3 fully saturated rings. The first-order valence-corrected chi connectivity index (χ1v) is 19.4. The maximum Gasteiger partial charge on any atom is 0.313 e. The van der Waals surface area contributed by atoms with Gasteiger partial charge >= 0.3 is 5.97 Å². The summed E-state index contributed by atoms with van der Waals surface area (Å²) in [5.41, 5.74) is 1.66. The van der Waals surface area contributed by atoms with Gasteiger partial charge in [0.25, 0.3) is 5.91 Å². The van der Waals surface area contributed by atoms with Crippen molar-refractivity contribution in [1.82, 2.24) is 29.9 Å². The zero-order valence-electron chi connectivity index (χ0n) is 32.5. The fourth-order valence-corrected chi connectivity index (χ4v) is 8.57. The Balaban J connectivity index is 0.987. The van der Waals surface area contributed by atoms with E-state index < -0.39 is 17.0 Å². The van der Waals surface area contributed by atoms with Crippen molar-refractivity contribution < 1.29 is 37.1 Å². The number of aromatic nitrogens is 3. The van der Waals surface area contributed by atoms with Crippen LogP contribution in [-0.2, 0) is 20.7 Å². The van der Waals surface area contributed by atoms with Crippen molar-refractivity contribution in [2.24, 2.45) is 17.3 Å². The highest BCUT2D eigenvalue weighted by Gasteiger charge is 2.45. The molecular weight excluding hydrogens is 722 g/mol. The largest absolute Gasteiger partial charge is 0.494 e. The van der Waals surface area contributed by atoms with Gasteiger partial charge in [-0.25, -0.2) is 14.4 Å². The van der Waals surface area contributed by atoms with Gasteiger partial charge in [-0.1, -0.05) is 6.92 Å². The molecule has 4 aromatic rings. The number of ether oxygens (including phenoxy) is 2. The second-order valence-electron chi connectivity index (χ2n) is 15.7. The summed E-state index contributed by atoms with van der Waals surface area (Å²) in [5, 5.41) is 9.62. The summed E-state index contributed by atoms with van der Waals surface area (Å²) >= 11 is 0. The van der Waals surface area contributed by atoms with Gasteiger partial charge in [-0.2, -0.15) is 4.39 Å². The molecule has 0 unspecified atom stereocenters. The summed E-state index contributed by atoms with van der Waals surface area (Å²) in [4.78, 5) is 51.3. The van der Waals surface area contributed by atoms with Crippen molar-refractivity contribution in [3.8, 4) is 17.0 Å². The van der Waals surface area contributed by atoms with Gasteiger partial charge in [0.2, 0.25) is 11.7 Å². The van der Waals surface area contributed by atoms with E-state index in [0.717, 1.165) is 61.5 Å². The molecule has 0 aliphatic carbocycles. The number of fused-ring (bicyclic) bond motifs is 1. The average molecular weight is 774 g/mol. The second kappa shape index (κ2) is 16.1. The molecule has 7 rings (SSSR count). The molecule has 2 amide bonds. The Kier molecular flexibility index (Phi) is 11.3. The van der Waals surface area contributed by atoms with Crippen molar-refractivity contribution in [3.05, 3.63) is 71.7 Å². The quantitative estimate of drug-likeness (QED) is 0.140. The number of rotatable bonds is 12. The highest BCUT2D eigenvalue weighted by Crippen LogP contribution is 2.35. The molecule has 3 aliphatic heterocycles. The van der Waals surface area contributed by atoms with Gasteiger partial charge in [0, 0.05) is 86.6 Å². The smallest absolute Gasteiger partial charge is 0.313 e. The van der Waals surface area contributed by atoms with E-state index in [1.807, 2.05) is 17.9 Å². The predicted molar refractivity (Wildman–Crippen MR) is 206 cm³/mol. The molecule has 3 saturated heterocycles. The molecule has 3 aliphatic rings. The fraction of sp³-hybridized carbons (Fsp3) is 0.488. The van der Waals surface area contributed by atoms with Gasteiger partial charge in [0.15, 0.2) is 23.0 Å². The van der Waals surface area contributed by atoms with Crippen molar-refractivity contribution in [3.63, 3.8) is 0 Å². The number of amides is 2. The Morgan fingerprint density at radius 1 is 1.04 bits per heavy atom. The minimum Gasteiger partial charge on any atom is -0.494 e. The SMILES string of the molecule is CCc1cc(Nc2nccn3c(-c4ccc(OC)c(F)c4F)cnc23)ccc1C(=O)NCC1(C(=O)OC)CCN(C(=O)C2CC[N+](C)(CC3CNC3)CC2)CC1. The zero-order valence-corrected chi connectivity index (χ0v) is 32.5. The number of hydrogen-bond acceptors (Lipinski definition) is 9. The predicted octanol–water partition coefficient (Wildman–Crippen LogP) is 4.58. The summed E-state index contributed by atoms with van der Waals surface area (Å²) in [5.74, 6) is -1.76. The van der Waals surface area contributed by atoms with Crippen molar-refractivity contribution in [2.45, 2.75) is 39.0 Å². The summed E-state index contributed by atoms with van der Waals surface area (Å²) in [6.07, 6.45) is 7.68. The number of piperidine rings is 2. The molecule has 5 heterocycles. The highest BCUT2D eigenvalue weighted by molar-refractivity contribution is 5.96. The van der Waals surface area contributed by atoms with E-state index in [2.05, 4.69) is 33.0 Å². The summed E-state index contributed by atoms with van der Waals surface area (Å²) in [6, 6.07) is 8.10. The number of anilines is 2. The van der Waals surface area contributed by atoms with Crippen LogP contribution in [0, 0.1) is 28.9 Å². The fourth-order valence-electron chi connectivity index (χ4n) is 8.57. The lowest BCUT2D eigenvalue weighted by Gasteiger charge is -2.45. The molecule has 0 saturated carbocycles. The molecule has 0 spiro atoms. The number of carbonyl (C=O) groups excluding carboxylic acids is 3. The number of imidazole rings is 1. The van der Waals surface area contributed by atoms with Crippen LogP contribution in [0.5, 0.6) is 5.75 Å². The number of quaternary nitrogens is 1. The monoisotopic (exact) mass is 773 g/mol. The average Bonchev–Trinajstić information content (AvgIpc) is 3.64. The van der Waals surface area contributed by atoms with E-state index in [1.165, 1.54) is 38.7 Å². The number of hydrogen-bond donors (Lipinski definition) is 3. The topological polar surface area (TPSA) is 139 Å². The Morgan fingerprint density at radius 2 is 1.79 bits per heavy atom. The Hall–Kier alpha value is -5.15. The van der Waals surface area contributed by atoms with Crippen LogP contribution in [0.2, 0.25) is 0 Å².